The second-order valence-electron chi connectivity index (χ2n) is 1.34. The summed E-state index contributed by atoms with van der Waals surface area (Å²) in [6, 6.07) is 0. The summed E-state index contributed by atoms with van der Waals surface area (Å²) in [6.07, 6.45) is 1.48. The lowest BCUT2D eigenvalue weighted by atomic mass is 10.6. The van der Waals surface area contributed by atoms with Crippen LogP contribution in [0.25, 0.3) is 0 Å². The summed E-state index contributed by atoms with van der Waals surface area (Å²) in [7, 11) is 0. The van der Waals surface area contributed by atoms with Crippen molar-refractivity contribution in [1.29, 1.82) is 0 Å². The van der Waals surface area contributed by atoms with E-state index in [4.69, 9.17) is 23.2 Å². The molecule has 1 heterocycles. The molecule has 0 saturated carbocycles. The highest BCUT2D eigenvalue weighted by molar-refractivity contribution is 6.66. The van der Waals surface area contributed by atoms with E-state index >= 15 is 0 Å². The third-order valence-electron chi connectivity index (χ3n) is 0.721. The third kappa shape index (κ3) is 1.39. The van der Waals surface area contributed by atoms with Crippen molar-refractivity contribution in [3.63, 3.8) is 0 Å². The zero-order valence-electron chi connectivity index (χ0n) is 3.99. The van der Waals surface area contributed by atoms with Gasteiger partial charge in [0.05, 0.1) is 12.7 Å². The van der Waals surface area contributed by atoms with Crippen LogP contribution in [0.5, 0.6) is 0 Å². The number of halogens is 2. The largest absolute Gasteiger partial charge is 0.368 e. The van der Waals surface area contributed by atoms with Crippen molar-refractivity contribution in [3.8, 4) is 0 Å². The Labute approximate surface area is 57.2 Å². The molecule has 0 spiro atoms. The first-order valence-electron chi connectivity index (χ1n) is 2.11. The van der Waals surface area contributed by atoms with Crippen LogP contribution in [0.3, 0.4) is 0 Å². The van der Waals surface area contributed by atoms with Gasteiger partial charge in [-0.05, 0) is 0 Å². The molecule has 0 fully saturated rings. The number of hydrogen-bond acceptors (Lipinski definition) is 2. The summed E-state index contributed by atoms with van der Waals surface area (Å²) < 4.78 is 0. The summed E-state index contributed by atoms with van der Waals surface area (Å²) in [5.41, 5.74) is 0. The van der Waals surface area contributed by atoms with Crippen LogP contribution in [0.2, 0.25) is 0 Å². The lowest BCUT2D eigenvalue weighted by Crippen LogP contribution is -2.19. The molecule has 0 aromatic carbocycles. The average Bonchev–Trinajstić information content (AvgIpc) is 1.77. The monoisotopic (exact) mass is 150 g/mol. The van der Waals surface area contributed by atoms with Gasteiger partial charge in [-0.25, -0.2) is 4.99 Å². The SMILES string of the molecule is ClC1=CN=C(Cl)CN1. The van der Waals surface area contributed by atoms with Crippen molar-refractivity contribution in [3.05, 3.63) is 11.4 Å². The van der Waals surface area contributed by atoms with Crippen LogP contribution >= 0.6 is 23.2 Å². The second-order valence-corrected chi connectivity index (χ2v) is 2.18. The van der Waals surface area contributed by atoms with Crippen LogP contribution in [-0.4, -0.2) is 11.7 Å². The van der Waals surface area contributed by atoms with Gasteiger partial charge < -0.3 is 5.32 Å². The molecule has 0 amide bonds. The van der Waals surface area contributed by atoms with E-state index in [1.54, 1.807) is 0 Å². The molecule has 44 valence electrons. The van der Waals surface area contributed by atoms with Gasteiger partial charge in [-0.15, -0.1) is 0 Å². The first-order valence-corrected chi connectivity index (χ1v) is 2.86. The summed E-state index contributed by atoms with van der Waals surface area (Å²) in [5, 5.41) is 3.87. The van der Waals surface area contributed by atoms with E-state index in [0.29, 0.717) is 16.9 Å². The lowest BCUT2D eigenvalue weighted by Gasteiger charge is -2.05. The van der Waals surface area contributed by atoms with Gasteiger partial charge >= 0.3 is 0 Å². The standard InChI is InChI=1S/C4H4Cl2N2/c5-3-1-7-4(6)2-8-3/h1,8H,2H2. The second kappa shape index (κ2) is 2.37. The molecule has 1 aliphatic heterocycles. The molecule has 0 unspecified atom stereocenters. The minimum Gasteiger partial charge on any atom is -0.368 e. The molecule has 4 heteroatoms. The normalized spacial score (nSPS) is 18.8. The minimum absolute atomic E-state index is 0.536. The van der Waals surface area contributed by atoms with E-state index in [1.807, 2.05) is 0 Å². The van der Waals surface area contributed by atoms with Crippen molar-refractivity contribution in [2.24, 2.45) is 4.99 Å². The number of rotatable bonds is 0. The maximum absolute atomic E-state index is 5.47. The maximum atomic E-state index is 5.47. The van der Waals surface area contributed by atoms with E-state index < -0.39 is 0 Å². The van der Waals surface area contributed by atoms with E-state index in [9.17, 15) is 0 Å². The number of nitrogens with one attached hydrogen (secondary N) is 1. The van der Waals surface area contributed by atoms with Crippen molar-refractivity contribution in [2.45, 2.75) is 0 Å². The van der Waals surface area contributed by atoms with Gasteiger partial charge in [-0.3, -0.25) is 0 Å². The highest BCUT2D eigenvalue weighted by Gasteiger charge is 1.99. The predicted molar refractivity (Wildman–Crippen MR) is 35.2 cm³/mol. The summed E-state index contributed by atoms with van der Waals surface area (Å²) in [5.74, 6) is 0. The van der Waals surface area contributed by atoms with Gasteiger partial charge in [0.2, 0.25) is 0 Å². The molecule has 0 radical (unpaired) electrons. The van der Waals surface area contributed by atoms with Gasteiger partial charge in [0.1, 0.15) is 10.3 Å². The molecular weight excluding hydrogens is 147 g/mol. The molecule has 0 bridgehead atoms. The van der Waals surface area contributed by atoms with Gasteiger partial charge in [-0.2, -0.15) is 0 Å². The number of nitrogens with zero attached hydrogens (tertiary/aromatic N) is 1. The van der Waals surface area contributed by atoms with Crippen molar-refractivity contribution >= 4 is 28.4 Å². The van der Waals surface area contributed by atoms with Crippen LogP contribution in [0.1, 0.15) is 0 Å². The molecule has 0 saturated heterocycles. The van der Waals surface area contributed by atoms with Crippen molar-refractivity contribution in [2.75, 3.05) is 6.54 Å². The zero-order valence-corrected chi connectivity index (χ0v) is 5.50. The van der Waals surface area contributed by atoms with Crippen LogP contribution in [0, 0.1) is 0 Å². The molecule has 0 aliphatic carbocycles. The van der Waals surface area contributed by atoms with E-state index in [2.05, 4.69) is 10.3 Å². The molecule has 0 atom stereocenters. The maximum Gasteiger partial charge on any atom is 0.125 e. The third-order valence-corrected chi connectivity index (χ3v) is 1.18. The van der Waals surface area contributed by atoms with Crippen LogP contribution in [0.4, 0.5) is 0 Å². The van der Waals surface area contributed by atoms with Crippen molar-refractivity contribution < 1.29 is 0 Å². The quantitative estimate of drug-likeness (QED) is 0.518. The van der Waals surface area contributed by atoms with Gasteiger partial charge in [0.15, 0.2) is 0 Å². The number of hydrogen-bond donors (Lipinski definition) is 1. The molecule has 2 nitrogen and oxygen atoms in total. The molecule has 0 aromatic rings. The summed E-state index contributed by atoms with van der Waals surface area (Å²) in [6.45, 7) is 0.539. The Morgan fingerprint density at radius 2 is 2.38 bits per heavy atom. The predicted octanol–water partition coefficient (Wildman–Crippen LogP) is 1.26. The summed E-state index contributed by atoms with van der Waals surface area (Å²) >= 11 is 10.9. The van der Waals surface area contributed by atoms with E-state index in [0.717, 1.165) is 0 Å². The average molecular weight is 151 g/mol. The molecule has 8 heavy (non-hydrogen) atoms. The van der Waals surface area contributed by atoms with E-state index in [-0.39, 0.29) is 0 Å². The number of aliphatic imine (C=N–C) groups is 1. The fourth-order valence-electron chi connectivity index (χ4n) is 0.375. The van der Waals surface area contributed by atoms with Gasteiger partial charge in [0, 0.05) is 0 Å². The molecule has 1 N–H and O–H groups in total. The smallest absolute Gasteiger partial charge is 0.125 e. The Bertz CT molecular complexity index is 132. The fourth-order valence-corrected chi connectivity index (χ4v) is 0.607. The molecule has 1 aliphatic rings. The highest BCUT2D eigenvalue weighted by Crippen LogP contribution is 2.02. The minimum atomic E-state index is 0.536. The molecular formula is C4H4Cl2N2. The van der Waals surface area contributed by atoms with Gasteiger partial charge in [-0.1, -0.05) is 23.2 Å². The summed E-state index contributed by atoms with van der Waals surface area (Å²) in [4.78, 5) is 3.74. The molecule has 0 aromatic heterocycles. The fraction of sp³-hybridized carbons (Fsp3) is 0.250. The van der Waals surface area contributed by atoms with E-state index in [1.165, 1.54) is 6.20 Å². The van der Waals surface area contributed by atoms with Crippen molar-refractivity contribution in [1.82, 2.24) is 5.32 Å². The molecule has 1 rings (SSSR count). The Kier molecular flexibility index (Phi) is 1.76. The Hall–Kier alpha value is -0.210. The van der Waals surface area contributed by atoms with Crippen LogP contribution < -0.4 is 5.32 Å². The Balaban J connectivity index is 2.65. The van der Waals surface area contributed by atoms with Gasteiger partial charge in [0.25, 0.3) is 0 Å². The lowest BCUT2D eigenvalue weighted by molar-refractivity contribution is 0.974. The first-order chi connectivity index (χ1) is 3.79. The topological polar surface area (TPSA) is 24.4 Å². The zero-order chi connectivity index (χ0) is 5.98. The first kappa shape index (κ1) is 5.92. The van der Waals surface area contributed by atoms with Crippen LogP contribution in [-0.2, 0) is 0 Å². The Morgan fingerprint density at radius 3 is 2.75 bits per heavy atom. The Morgan fingerprint density at radius 1 is 1.62 bits per heavy atom. The highest BCUT2D eigenvalue weighted by atomic mass is 35.5. The van der Waals surface area contributed by atoms with Crippen LogP contribution in [0.15, 0.2) is 16.3 Å².